The molecule has 0 aromatic rings. The van der Waals surface area contributed by atoms with Gasteiger partial charge in [-0.15, -0.1) is 0 Å². The lowest BCUT2D eigenvalue weighted by atomic mass is 10.0. The van der Waals surface area contributed by atoms with Gasteiger partial charge < -0.3 is 15.3 Å². The molecule has 1 aliphatic rings. The number of hydrogen-bond donors (Lipinski definition) is 2. The predicted octanol–water partition coefficient (Wildman–Crippen LogP) is 1.32. The van der Waals surface area contributed by atoms with E-state index in [0.717, 1.165) is 12.5 Å². The second-order valence-electron chi connectivity index (χ2n) is 5.66. The molecule has 3 nitrogen and oxygen atoms in total. The first kappa shape index (κ1) is 13.9. The van der Waals surface area contributed by atoms with Gasteiger partial charge in [0.2, 0.25) is 0 Å². The van der Waals surface area contributed by atoms with Crippen LogP contribution in [0, 0.1) is 11.8 Å². The van der Waals surface area contributed by atoms with E-state index in [2.05, 4.69) is 31.0 Å². The molecule has 1 aliphatic heterocycles. The predicted molar refractivity (Wildman–Crippen MR) is 68.6 cm³/mol. The molecule has 0 saturated carbocycles. The van der Waals surface area contributed by atoms with Gasteiger partial charge in [-0.05, 0) is 37.8 Å². The normalized spacial score (nSPS) is 21.6. The van der Waals surface area contributed by atoms with Crippen molar-refractivity contribution in [3.63, 3.8) is 0 Å². The van der Waals surface area contributed by atoms with E-state index < -0.39 is 0 Å². The van der Waals surface area contributed by atoms with E-state index in [1.807, 2.05) is 0 Å². The van der Waals surface area contributed by atoms with Gasteiger partial charge in [0.05, 0.1) is 0 Å². The van der Waals surface area contributed by atoms with Crippen molar-refractivity contribution in [1.29, 1.82) is 0 Å². The zero-order valence-electron chi connectivity index (χ0n) is 11.1. The Morgan fingerprint density at radius 2 is 1.88 bits per heavy atom. The Morgan fingerprint density at radius 3 is 2.38 bits per heavy atom. The summed E-state index contributed by atoms with van der Waals surface area (Å²) >= 11 is 0. The summed E-state index contributed by atoms with van der Waals surface area (Å²) in [5.74, 6) is 1.16. The van der Waals surface area contributed by atoms with Gasteiger partial charge in [0, 0.05) is 25.7 Å². The first-order valence-electron chi connectivity index (χ1n) is 6.68. The molecule has 0 aromatic carbocycles. The lowest BCUT2D eigenvalue weighted by Crippen LogP contribution is -2.44. The molecular formula is C13H28N2O. The van der Waals surface area contributed by atoms with Gasteiger partial charge in [-0.2, -0.15) is 0 Å². The molecule has 1 rings (SSSR count). The quantitative estimate of drug-likeness (QED) is 0.720. The van der Waals surface area contributed by atoms with E-state index in [0.29, 0.717) is 18.6 Å². The van der Waals surface area contributed by atoms with Gasteiger partial charge in [0.1, 0.15) is 0 Å². The van der Waals surface area contributed by atoms with Gasteiger partial charge in [-0.3, -0.25) is 0 Å². The summed E-state index contributed by atoms with van der Waals surface area (Å²) in [5.41, 5.74) is 0. The maximum Gasteiger partial charge on any atom is 0.0468 e. The second kappa shape index (κ2) is 7.25. The second-order valence-corrected chi connectivity index (χ2v) is 5.66. The van der Waals surface area contributed by atoms with Gasteiger partial charge in [0.25, 0.3) is 0 Å². The van der Waals surface area contributed by atoms with Crippen LogP contribution in [0.15, 0.2) is 0 Å². The molecule has 1 heterocycles. The van der Waals surface area contributed by atoms with Gasteiger partial charge in [-0.1, -0.05) is 20.8 Å². The Bertz CT molecular complexity index is 177. The molecule has 0 radical (unpaired) electrons. The number of likely N-dealkylation sites (tertiary alicyclic amines) is 1. The van der Waals surface area contributed by atoms with Gasteiger partial charge in [-0.25, -0.2) is 0 Å². The molecule has 0 amide bonds. The van der Waals surface area contributed by atoms with Crippen LogP contribution in [-0.2, 0) is 0 Å². The number of piperidine rings is 1. The third kappa shape index (κ3) is 5.28. The fraction of sp³-hybridized carbons (Fsp3) is 1.00. The number of nitrogens with zero attached hydrogens (tertiary/aromatic N) is 1. The smallest absolute Gasteiger partial charge is 0.0468 e. The van der Waals surface area contributed by atoms with Crippen LogP contribution in [0.25, 0.3) is 0 Å². The maximum atomic E-state index is 8.96. The zero-order valence-corrected chi connectivity index (χ0v) is 11.1. The average Bonchev–Trinajstić information content (AvgIpc) is 2.27. The lowest BCUT2D eigenvalue weighted by molar-refractivity contribution is 0.172. The molecule has 1 atom stereocenters. The van der Waals surface area contributed by atoms with Crippen molar-refractivity contribution in [2.75, 3.05) is 32.8 Å². The Kier molecular flexibility index (Phi) is 6.32. The van der Waals surface area contributed by atoms with Crippen LogP contribution in [-0.4, -0.2) is 48.8 Å². The molecule has 0 aliphatic carbocycles. The van der Waals surface area contributed by atoms with E-state index in [4.69, 9.17) is 5.11 Å². The van der Waals surface area contributed by atoms with Gasteiger partial charge >= 0.3 is 0 Å². The summed E-state index contributed by atoms with van der Waals surface area (Å²) in [5, 5.41) is 12.5. The minimum atomic E-state index is 0.291. The molecule has 96 valence electrons. The van der Waals surface area contributed by atoms with Crippen LogP contribution in [0.4, 0.5) is 0 Å². The van der Waals surface area contributed by atoms with Crippen molar-refractivity contribution in [2.45, 2.75) is 39.7 Å². The van der Waals surface area contributed by atoms with E-state index in [1.54, 1.807) is 0 Å². The third-order valence-corrected chi connectivity index (χ3v) is 3.28. The lowest BCUT2D eigenvalue weighted by Gasteiger charge is -2.33. The third-order valence-electron chi connectivity index (χ3n) is 3.28. The summed E-state index contributed by atoms with van der Waals surface area (Å²) in [7, 11) is 0. The fourth-order valence-electron chi connectivity index (χ4n) is 2.27. The van der Waals surface area contributed by atoms with Crippen molar-refractivity contribution in [2.24, 2.45) is 11.8 Å². The number of aliphatic hydroxyl groups is 1. The first-order chi connectivity index (χ1) is 7.61. The molecule has 1 fully saturated rings. The monoisotopic (exact) mass is 228 g/mol. The van der Waals surface area contributed by atoms with E-state index >= 15 is 0 Å². The van der Waals surface area contributed by atoms with E-state index in [1.165, 1.54) is 32.5 Å². The van der Waals surface area contributed by atoms with Crippen LogP contribution >= 0.6 is 0 Å². The Labute approximate surface area is 100 Å². The highest BCUT2D eigenvalue weighted by atomic mass is 16.3. The molecule has 16 heavy (non-hydrogen) atoms. The summed E-state index contributed by atoms with van der Waals surface area (Å²) in [4.78, 5) is 2.57. The highest BCUT2D eigenvalue weighted by molar-refractivity contribution is 4.78. The molecule has 1 unspecified atom stereocenters. The van der Waals surface area contributed by atoms with Crippen LogP contribution in [0.1, 0.15) is 33.6 Å². The fourth-order valence-corrected chi connectivity index (χ4v) is 2.27. The molecule has 2 N–H and O–H groups in total. The van der Waals surface area contributed by atoms with Crippen LogP contribution in [0.3, 0.4) is 0 Å². The number of nitrogens with one attached hydrogen (secondary N) is 1. The number of rotatable bonds is 6. The average molecular weight is 228 g/mol. The van der Waals surface area contributed by atoms with Crippen molar-refractivity contribution < 1.29 is 5.11 Å². The molecule has 1 saturated heterocycles. The SMILES string of the molecule is CC(C)CN1CCC(NCC(C)CO)CC1. The van der Waals surface area contributed by atoms with Gasteiger partial charge in [0.15, 0.2) is 0 Å². The van der Waals surface area contributed by atoms with Crippen molar-refractivity contribution in [3.8, 4) is 0 Å². The molecule has 0 spiro atoms. The summed E-state index contributed by atoms with van der Waals surface area (Å²) in [6, 6.07) is 0.664. The summed E-state index contributed by atoms with van der Waals surface area (Å²) < 4.78 is 0. The Morgan fingerprint density at radius 1 is 1.25 bits per heavy atom. The molecular weight excluding hydrogens is 200 g/mol. The number of hydrogen-bond acceptors (Lipinski definition) is 3. The summed E-state index contributed by atoms with van der Waals surface area (Å²) in [6.45, 7) is 11.6. The molecule has 3 heteroatoms. The minimum Gasteiger partial charge on any atom is -0.396 e. The van der Waals surface area contributed by atoms with E-state index in [9.17, 15) is 0 Å². The minimum absolute atomic E-state index is 0.291. The standard InChI is InChI=1S/C13H28N2O/c1-11(2)9-15-6-4-13(5-7-15)14-8-12(3)10-16/h11-14,16H,4-10H2,1-3H3. The maximum absolute atomic E-state index is 8.96. The molecule has 0 bridgehead atoms. The van der Waals surface area contributed by atoms with Crippen molar-refractivity contribution >= 4 is 0 Å². The largest absolute Gasteiger partial charge is 0.396 e. The molecule has 0 aromatic heterocycles. The van der Waals surface area contributed by atoms with Crippen LogP contribution < -0.4 is 5.32 Å². The zero-order chi connectivity index (χ0) is 12.0. The first-order valence-corrected chi connectivity index (χ1v) is 6.68. The highest BCUT2D eigenvalue weighted by Gasteiger charge is 2.19. The van der Waals surface area contributed by atoms with Crippen molar-refractivity contribution in [1.82, 2.24) is 10.2 Å². The summed E-state index contributed by atoms with van der Waals surface area (Å²) in [6.07, 6.45) is 2.51. The number of aliphatic hydroxyl groups excluding tert-OH is 1. The Balaban J connectivity index is 2.12. The Hall–Kier alpha value is -0.120. The topological polar surface area (TPSA) is 35.5 Å². The van der Waals surface area contributed by atoms with Crippen LogP contribution in [0.5, 0.6) is 0 Å². The highest BCUT2D eigenvalue weighted by Crippen LogP contribution is 2.12. The van der Waals surface area contributed by atoms with E-state index in [-0.39, 0.29) is 0 Å². The van der Waals surface area contributed by atoms with Crippen LogP contribution in [0.2, 0.25) is 0 Å². The van der Waals surface area contributed by atoms with Crippen molar-refractivity contribution in [3.05, 3.63) is 0 Å².